The Morgan fingerprint density at radius 1 is 0.422 bits per heavy atom. The van der Waals surface area contributed by atoms with E-state index in [4.69, 9.17) is 9.47 Å². The first-order chi connectivity index (χ1) is 31.6. The predicted molar refractivity (Wildman–Crippen MR) is 262 cm³/mol. The van der Waals surface area contributed by atoms with Crippen LogP contribution in [0.25, 0.3) is 0 Å². The first kappa shape index (κ1) is 52.4. The summed E-state index contributed by atoms with van der Waals surface area (Å²) in [6.07, 6.45) is 43.6. The number of benzene rings is 1. The van der Waals surface area contributed by atoms with Crippen molar-refractivity contribution in [3.63, 3.8) is 0 Å². The summed E-state index contributed by atoms with van der Waals surface area (Å²) < 4.78 is 16.4. The van der Waals surface area contributed by atoms with Gasteiger partial charge >= 0.3 is 11.9 Å². The maximum Gasteiger partial charge on any atom is 0.337 e. The molecule has 3 aromatic rings. The van der Waals surface area contributed by atoms with Crippen molar-refractivity contribution in [3.05, 3.63) is 120 Å². The van der Waals surface area contributed by atoms with Crippen molar-refractivity contribution in [2.75, 3.05) is 13.2 Å². The SMILES string of the molecule is CCCCCCCCCCCCCCCCOC(=O)C1=C(C[n+]2ccccc2)NC(C[n+]2ccccc2)=C(C(=O)OCCCCCCCCCCCCCCCC)C1c1ccccc1. The Hall–Kier alpha value is -4.26. The zero-order chi connectivity index (χ0) is 45.1. The smallest absolute Gasteiger partial charge is 0.337 e. The van der Waals surface area contributed by atoms with Crippen molar-refractivity contribution >= 4 is 11.9 Å². The maximum atomic E-state index is 14.5. The molecule has 0 fully saturated rings. The zero-order valence-corrected chi connectivity index (χ0v) is 40.4. The molecule has 1 aliphatic rings. The molecule has 0 saturated carbocycles. The molecule has 0 radical (unpaired) electrons. The maximum absolute atomic E-state index is 14.5. The fraction of sp³-hybridized carbons (Fsp3) is 0.614. The van der Waals surface area contributed by atoms with E-state index in [9.17, 15) is 9.59 Å². The molecule has 0 spiro atoms. The summed E-state index contributed by atoms with van der Waals surface area (Å²) in [5.74, 6) is -1.42. The molecular formula is C57H87N3O4+2. The first-order valence-corrected chi connectivity index (χ1v) is 26.1. The molecule has 1 aliphatic heterocycles. The van der Waals surface area contributed by atoms with Crippen LogP contribution in [-0.2, 0) is 32.2 Å². The van der Waals surface area contributed by atoms with Gasteiger partial charge in [-0.3, -0.25) is 0 Å². The minimum atomic E-state index is -0.659. The highest BCUT2D eigenvalue weighted by molar-refractivity contribution is 6.00. The highest BCUT2D eigenvalue weighted by atomic mass is 16.5. The molecule has 4 rings (SSSR count). The van der Waals surface area contributed by atoms with Crippen molar-refractivity contribution in [2.45, 2.75) is 213 Å². The lowest BCUT2D eigenvalue weighted by atomic mass is 9.80. The lowest BCUT2D eigenvalue weighted by Crippen LogP contribution is -2.45. The third-order valence-electron chi connectivity index (χ3n) is 12.8. The van der Waals surface area contributed by atoms with Crippen LogP contribution in [0.5, 0.6) is 0 Å². The van der Waals surface area contributed by atoms with E-state index >= 15 is 0 Å². The Labute approximate surface area is 389 Å². The number of unbranched alkanes of at least 4 members (excludes halogenated alkanes) is 26. The van der Waals surface area contributed by atoms with Gasteiger partial charge in [-0.2, -0.15) is 9.13 Å². The van der Waals surface area contributed by atoms with Gasteiger partial charge in [-0.05, 0) is 18.4 Å². The Morgan fingerprint density at radius 3 is 1.05 bits per heavy atom. The molecule has 0 atom stereocenters. The molecule has 0 amide bonds. The quantitative estimate of drug-likeness (QED) is 0.0355. The van der Waals surface area contributed by atoms with Gasteiger partial charge in [0.05, 0.1) is 41.7 Å². The van der Waals surface area contributed by atoms with Gasteiger partial charge in [-0.15, -0.1) is 0 Å². The Kier molecular flexibility index (Phi) is 27.9. The second-order valence-electron chi connectivity index (χ2n) is 18.3. The molecule has 7 heteroatoms. The fourth-order valence-electron chi connectivity index (χ4n) is 9.04. The third-order valence-corrected chi connectivity index (χ3v) is 12.8. The molecule has 0 aliphatic carbocycles. The lowest BCUT2D eigenvalue weighted by Gasteiger charge is -2.31. The molecule has 2 aromatic heterocycles. The topological polar surface area (TPSA) is 72.4 Å². The van der Waals surface area contributed by atoms with Gasteiger partial charge in [-0.25, -0.2) is 9.59 Å². The Balaban J connectivity index is 1.39. The van der Waals surface area contributed by atoms with Crippen LogP contribution < -0.4 is 14.5 Å². The minimum absolute atomic E-state index is 0.350. The number of dihydropyridines is 1. The number of rotatable bonds is 37. The van der Waals surface area contributed by atoms with Gasteiger partial charge in [0.2, 0.25) is 0 Å². The van der Waals surface area contributed by atoms with Gasteiger partial charge in [0, 0.05) is 24.3 Å². The Morgan fingerprint density at radius 2 is 0.719 bits per heavy atom. The number of pyridine rings is 2. The van der Waals surface area contributed by atoms with Gasteiger partial charge in [0.25, 0.3) is 0 Å². The van der Waals surface area contributed by atoms with Gasteiger partial charge < -0.3 is 14.8 Å². The number of ether oxygens (including phenoxy) is 2. The van der Waals surface area contributed by atoms with Crippen molar-refractivity contribution < 1.29 is 28.2 Å². The molecule has 352 valence electrons. The zero-order valence-electron chi connectivity index (χ0n) is 40.4. The number of nitrogens with zero attached hydrogens (tertiary/aromatic N) is 2. The molecule has 1 aromatic carbocycles. The second kappa shape index (κ2) is 34.1. The van der Waals surface area contributed by atoms with E-state index in [-0.39, 0.29) is 11.9 Å². The van der Waals surface area contributed by atoms with E-state index in [1.54, 1.807) is 0 Å². The van der Waals surface area contributed by atoms with E-state index < -0.39 is 5.92 Å². The standard InChI is InChI=1S/C57H86N3O4/c1-3-5-7-9-11-13-15-17-19-21-23-25-27-38-46-63-56(61)54-51(48-59-42-34-30-35-43-59)58-52(49-60-44-36-31-37-45-60)55(53(54)50-40-32-29-33-41-50)57(62)64-47-39-28-26-24-22-20-18-16-14-12-10-8-6-4-2/h29-37,40-45,53H,3-28,38-39,46-49H2,1-2H3/q+1/p+1. The van der Waals surface area contributed by atoms with Gasteiger partial charge in [-0.1, -0.05) is 223 Å². The molecule has 0 bridgehead atoms. The molecule has 7 nitrogen and oxygen atoms in total. The normalized spacial score (nSPS) is 13.0. The van der Waals surface area contributed by atoms with Crippen molar-refractivity contribution in [1.29, 1.82) is 0 Å². The monoisotopic (exact) mass is 878 g/mol. The van der Waals surface area contributed by atoms with E-state index in [0.717, 1.165) is 55.5 Å². The Bertz CT molecular complexity index is 1620. The summed E-state index contributed by atoms with van der Waals surface area (Å²) in [7, 11) is 0. The van der Waals surface area contributed by atoms with Crippen LogP contribution in [-0.4, -0.2) is 25.2 Å². The van der Waals surface area contributed by atoms with E-state index in [2.05, 4.69) is 28.3 Å². The third kappa shape index (κ3) is 21.2. The number of carbonyl (C=O) groups excluding carboxylic acids is 2. The largest absolute Gasteiger partial charge is 0.462 e. The summed E-state index contributed by atoms with van der Waals surface area (Å²) in [6.45, 7) is 6.08. The number of allylic oxidation sites excluding steroid dienone is 2. The summed E-state index contributed by atoms with van der Waals surface area (Å²) >= 11 is 0. The van der Waals surface area contributed by atoms with Crippen LogP contribution >= 0.6 is 0 Å². The summed E-state index contributed by atoms with van der Waals surface area (Å²) in [5, 5.41) is 3.64. The van der Waals surface area contributed by atoms with Gasteiger partial charge in [0.1, 0.15) is 0 Å². The highest BCUT2D eigenvalue weighted by Gasteiger charge is 2.41. The number of hydrogen-bond acceptors (Lipinski definition) is 5. The average molecular weight is 878 g/mol. The summed E-state index contributed by atoms with van der Waals surface area (Å²) in [4.78, 5) is 29.1. The molecule has 1 N–H and O–H groups in total. The fourth-order valence-corrected chi connectivity index (χ4v) is 9.04. The highest BCUT2D eigenvalue weighted by Crippen LogP contribution is 2.40. The first-order valence-electron chi connectivity index (χ1n) is 26.1. The van der Waals surface area contributed by atoms with Crippen LogP contribution in [0.15, 0.2) is 114 Å². The predicted octanol–water partition coefficient (Wildman–Crippen LogP) is 13.9. The number of esters is 2. The molecular weight excluding hydrogens is 791 g/mol. The summed E-state index contributed by atoms with van der Waals surface area (Å²) in [6, 6.07) is 21.9. The minimum Gasteiger partial charge on any atom is -0.462 e. The van der Waals surface area contributed by atoms with Crippen LogP contribution in [0, 0.1) is 0 Å². The molecule has 64 heavy (non-hydrogen) atoms. The van der Waals surface area contributed by atoms with Crippen molar-refractivity contribution in [2.24, 2.45) is 0 Å². The van der Waals surface area contributed by atoms with Gasteiger partial charge in [0.15, 0.2) is 37.9 Å². The van der Waals surface area contributed by atoms with Crippen LogP contribution in [0.3, 0.4) is 0 Å². The summed E-state index contributed by atoms with van der Waals surface area (Å²) in [5.41, 5.74) is 3.26. The van der Waals surface area contributed by atoms with Crippen LogP contribution in [0.1, 0.15) is 205 Å². The van der Waals surface area contributed by atoms with Crippen LogP contribution in [0.4, 0.5) is 0 Å². The average Bonchev–Trinajstić information content (AvgIpc) is 3.32. The second-order valence-corrected chi connectivity index (χ2v) is 18.3. The van der Waals surface area contributed by atoms with Crippen molar-refractivity contribution in [3.8, 4) is 0 Å². The van der Waals surface area contributed by atoms with E-state index in [1.807, 2.05) is 91.5 Å². The number of carbonyl (C=O) groups is 2. The molecule has 3 heterocycles. The number of nitrogens with one attached hydrogen (secondary N) is 1. The number of hydrogen-bond donors (Lipinski definition) is 1. The lowest BCUT2D eigenvalue weighted by molar-refractivity contribution is -0.692. The number of aromatic nitrogens is 2. The van der Waals surface area contributed by atoms with Crippen LogP contribution in [0.2, 0.25) is 0 Å². The molecule has 0 saturated heterocycles. The van der Waals surface area contributed by atoms with Crippen molar-refractivity contribution in [1.82, 2.24) is 5.32 Å². The van der Waals surface area contributed by atoms with E-state index in [0.29, 0.717) is 37.4 Å². The van der Waals surface area contributed by atoms with E-state index in [1.165, 1.54) is 141 Å². The molecule has 0 unspecified atom stereocenters.